The third-order valence-electron chi connectivity index (χ3n) is 4.43. The van der Waals surface area contributed by atoms with Crippen LogP contribution in [-0.2, 0) is 14.6 Å². The molecule has 7 heteroatoms. The van der Waals surface area contributed by atoms with Gasteiger partial charge < -0.3 is 10.2 Å². The summed E-state index contributed by atoms with van der Waals surface area (Å²) in [5, 5.41) is 2.83. The zero-order chi connectivity index (χ0) is 16.7. The summed E-state index contributed by atoms with van der Waals surface area (Å²) < 4.78 is 23.2. The number of amides is 2. The molecule has 0 aliphatic carbocycles. The molecule has 6 nitrogen and oxygen atoms in total. The first kappa shape index (κ1) is 16.0. The van der Waals surface area contributed by atoms with Crippen molar-refractivity contribution in [1.82, 2.24) is 5.32 Å². The van der Waals surface area contributed by atoms with E-state index in [1.54, 1.807) is 36.1 Å². The van der Waals surface area contributed by atoms with Crippen LogP contribution in [0.25, 0.3) is 0 Å². The van der Waals surface area contributed by atoms with Crippen LogP contribution in [0.15, 0.2) is 24.3 Å². The van der Waals surface area contributed by atoms with Crippen LogP contribution in [0.5, 0.6) is 0 Å². The minimum absolute atomic E-state index is 0.0217. The van der Waals surface area contributed by atoms with Crippen LogP contribution in [0.4, 0.5) is 5.69 Å². The van der Waals surface area contributed by atoms with Crippen molar-refractivity contribution >= 4 is 27.3 Å². The number of carbonyl (C=O) groups excluding carboxylic acids is 2. The van der Waals surface area contributed by atoms with Gasteiger partial charge in [0.2, 0.25) is 5.91 Å². The fraction of sp³-hybridized carbons (Fsp3) is 0.500. The molecule has 1 aromatic carbocycles. The summed E-state index contributed by atoms with van der Waals surface area (Å²) in [5.41, 5.74) is 0.545. The smallest absolute Gasteiger partial charge is 0.251 e. The molecule has 2 saturated heterocycles. The van der Waals surface area contributed by atoms with Gasteiger partial charge in [0, 0.05) is 24.2 Å². The van der Waals surface area contributed by atoms with Crippen LogP contribution in [-0.4, -0.2) is 43.8 Å². The van der Waals surface area contributed by atoms with Gasteiger partial charge in [0.25, 0.3) is 5.91 Å². The predicted octanol–water partition coefficient (Wildman–Crippen LogP) is 1.12. The van der Waals surface area contributed by atoms with Crippen molar-refractivity contribution in [1.29, 1.82) is 0 Å². The zero-order valence-electron chi connectivity index (χ0n) is 13.0. The van der Waals surface area contributed by atoms with Crippen LogP contribution in [0.3, 0.4) is 0 Å². The van der Waals surface area contributed by atoms with E-state index in [2.05, 4.69) is 5.32 Å². The van der Waals surface area contributed by atoms with E-state index in [0.717, 1.165) is 12.1 Å². The third kappa shape index (κ3) is 3.39. The second-order valence-corrected chi connectivity index (χ2v) is 8.74. The maximum Gasteiger partial charge on any atom is 0.251 e. The molecule has 0 spiro atoms. The lowest BCUT2D eigenvalue weighted by molar-refractivity contribution is -0.117. The molecule has 0 bridgehead atoms. The summed E-state index contributed by atoms with van der Waals surface area (Å²) in [7, 11) is -3.06. The molecule has 0 aromatic heterocycles. The Morgan fingerprint density at radius 2 is 1.96 bits per heavy atom. The quantitative estimate of drug-likeness (QED) is 0.896. The number of nitrogens with zero attached hydrogens (tertiary/aromatic N) is 1. The minimum atomic E-state index is -3.06. The van der Waals surface area contributed by atoms with Gasteiger partial charge in [0.05, 0.1) is 17.0 Å². The van der Waals surface area contributed by atoms with Crippen molar-refractivity contribution in [2.24, 2.45) is 0 Å². The van der Waals surface area contributed by atoms with Crippen molar-refractivity contribution in [2.75, 3.05) is 23.0 Å². The van der Waals surface area contributed by atoms with E-state index >= 15 is 0 Å². The highest BCUT2D eigenvalue weighted by Crippen LogP contribution is 2.24. The summed E-state index contributed by atoms with van der Waals surface area (Å²) in [6.07, 6.45) is 1.85. The van der Waals surface area contributed by atoms with Crippen LogP contribution >= 0.6 is 0 Å². The fourth-order valence-electron chi connectivity index (χ4n) is 3.17. The molecule has 0 unspecified atom stereocenters. The Kier molecular flexibility index (Phi) is 3.91. The highest BCUT2D eigenvalue weighted by Gasteiger charge is 2.39. The van der Waals surface area contributed by atoms with E-state index < -0.39 is 15.4 Å². The average Bonchev–Trinajstić information content (AvgIpc) is 3.02. The molecule has 1 N–H and O–H groups in total. The van der Waals surface area contributed by atoms with E-state index in [4.69, 9.17) is 0 Å². The largest absolute Gasteiger partial charge is 0.346 e. The number of hydrogen-bond donors (Lipinski definition) is 1. The summed E-state index contributed by atoms with van der Waals surface area (Å²) in [6.45, 7) is 2.47. The van der Waals surface area contributed by atoms with E-state index in [-0.39, 0.29) is 23.3 Å². The van der Waals surface area contributed by atoms with Crippen molar-refractivity contribution in [2.45, 2.75) is 31.7 Å². The van der Waals surface area contributed by atoms with Crippen molar-refractivity contribution in [3.05, 3.63) is 29.8 Å². The molecular weight excluding hydrogens is 316 g/mol. The van der Waals surface area contributed by atoms with Crippen LogP contribution in [0.1, 0.15) is 36.5 Å². The van der Waals surface area contributed by atoms with Crippen molar-refractivity contribution in [3.63, 3.8) is 0 Å². The molecule has 0 radical (unpaired) electrons. The topological polar surface area (TPSA) is 83.6 Å². The number of benzene rings is 1. The molecule has 2 heterocycles. The van der Waals surface area contributed by atoms with Crippen LogP contribution in [0, 0.1) is 0 Å². The fourth-order valence-corrected chi connectivity index (χ4v) is 5.26. The molecule has 23 heavy (non-hydrogen) atoms. The Morgan fingerprint density at radius 3 is 2.48 bits per heavy atom. The number of hydrogen-bond acceptors (Lipinski definition) is 4. The van der Waals surface area contributed by atoms with E-state index in [1.807, 2.05) is 0 Å². The lowest BCUT2D eigenvalue weighted by Gasteiger charge is -2.24. The minimum Gasteiger partial charge on any atom is -0.346 e. The number of sulfone groups is 1. The van der Waals surface area contributed by atoms with Crippen LogP contribution < -0.4 is 10.2 Å². The Bertz CT molecular complexity index is 742. The van der Waals surface area contributed by atoms with E-state index in [9.17, 15) is 18.0 Å². The standard InChI is InChI=1S/C16H20N2O4S/c1-16(8-10-23(21,22)11-16)17-15(20)12-4-6-13(7-5-12)18-9-2-3-14(18)19/h4-7H,2-3,8-11H2,1H3,(H,17,20)/t16-/m1/s1. The van der Waals surface area contributed by atoms with Gasteiger partial charge in [-0.1, -0.05) is 0 Å². The van der Waals surface area contributed by atoms with Gasteiger partial charge in [-0.25, -0.2) is 8.42 Å². The number of nitrogens with one attached hydrogen (secondary N) is 1. The lowest BCUT2D eigenvalue weighted by atomic mass is 10.0. The van der Waals surface area contributed by atoms with E-state index in [1.165, 1.54) is 0 Å². The summed E-state index contributed by atoms with van der Waals surface area (Å²) in [5.74, 6) is -0.0962. The Balaban J connectivity index is 1.70. The molecule has 1 aromatic rings. The summed E-state index contributed by atoms with van der Waals surface area (Å²) >= 11 is 0. The number of anilines is 1. The molecule has 2 aliphatic heterocycles. The van der Waals surface area contributed by atoms with Gasteiger partial charge in [-0.15, -0.1) is 0 Å². The van der Waals surface area contributed by atoms with Gasteiger partial charge >= 0.3 is 0 Å². The molecule has 2 amide bonds. The molecule has 0 saturated carbocycles. The van der Waals surface area contributed by atoms with Crippen molar-refractivity contribution in [3.8, 4) is 0 Å². The van der Waals surface area contributed by atoms with Crippen LogP contribution in [0.2, 0.25) is 0 Å². The highest BCUT2D eigenvalue weighted by atomic mass is 32.2. The molecule has 3 rings (SSSR count). The molecule has 2 fully saturated rings. The maximum atomic E-state index is 12.3. The molecule has 124 valence electrons. The Labute approximate surface area is 135 Å². The first-order valence-corrected chi connectivity index (χ1v) is 9.54. The van der Waals surface area contributed by atoms with Gasteiger partial charge in [0.15, 0.2) is 9.84 Å². The molecule has 1 atom stereocenters. The first-order chi connectivity index (χ1) is 10.8. The highest BCUT2D eigenvalue weighted by molar-refractivity contribution is 7.91. The Hall–Kier alpha value is -1.89. The monoisotopic (exact) mass is 336 g/mol. The Morgan fingerprint density at radius 1 is 1.26 bits per heavy atom. The predicted molar refractivity (Wildman–Crippen MR) is 87.2 cm³/mol. The first-order valence-electron chi connectivity index (χ1n) is 7.71. The normalized spacial score (nSPS) is 26.5. The molecular formula is C16H20N2O4S. The van der Waals surface area contributed by atoms with Gasteiger partial charge in [0.1, 0.15) is 0 Å². The zero-order valence-corrected chi connectivity index (χ0v) is 13.9. The van der Waals surface area contributed by atoms with Gasteiger partial charge in [-0.05, 0) is 44.0 Å². The summed E-state index contributed by atoms with van der Waals surface area (Å²) in [6, 6.07) is 6.85. The number of rotatable bonds is 3. The molecule has 2 aliphatic rings. The average molecular weight is 336 g/mol. The summed E-state index contributed by atoms with van der Waals surface area (Å²) in [4.78, 5) is 25.8. The third-order valence-corrected chi connectivity index (χ3v) is 6.34. The maximum absolute atomic E-state index is 12.3. The van der Waals surface area contributed by atoms with Gasteiger partial charge in [-0.3, -0.25) is 9.59 Å². The second-order valence-electron chi connectivity index (χ2n) is 6.55. The van der Waals surface area contributed by atoms with E-state index in [0.29, 0.717) is 24.9 Å². The second kappa shape index (κ2) is 5.63. The van der Waals surface area contributed by atoms with Gasteiger partial charge in [-0.2, -0.15) is 0 Å². The number of carbonyl (C=O) groups is 2. The lowest BCUT2D eigenvalue weighted by Crippen LogP contribution is -2.46. The SMILES string of the molecule is C[C@@]1(NC(=O)c2ccc(N3CCCC3=O)cc2)CCS(=O)(=O)C1. The van der Waals surface area contributed by atoms with Crippen molar-refractivity contribution < 1.29 is 18.0 Å².